The van der Waals surface area contributed by atoms with Crippen LogP contribution < -0.4 is 5.19 Å². The molecule has 0 amide bonds. The molecule has 1 aromatic rings. The van der Waals surface area contributed by atoms with Gasteiger partial charge in [0.2, 0.25) is 0 Å². The molecule has 1 nitrogen and oxygen atoms in total. The molecule has 4 heteroatoms. The Morgan fingerprint density at radius 1 is 1.12 bits per heavy atom. The number of hydrogen-bond acceptors (Lipinski definition) is 1. The normalized spacial score (nSPS) is 11.9. The second-order valence-corrected chi connectivity index (χ2v) is 9.99. The summed E-state index contributed by atoms with van der Waals surface area (Å²) in [5, 5.41) is 1.43. The van der Waals surface area contributed by atoms with E-state index in [0.717, 1.165) is 13.1 Å². The molecule has 0 unspecified atom stereocenters. The van der Waals surface area contributed by atoms with Crippen LogP contribution in [0.1, 0.15) is 13.8 Å². The minimum Gasteiger partial charge on any atom is -0.331 e. The van der Waals surface area contributed by atoms with Gasteiger partial charge < -0.3 is 4.81 Å². The lowest BCUT2D eigenvalue weighted by atomic mass is 10.2. The third-order valence-corrected chi connectivity index (χ3v) is 8.54. The minimum absolute atomic E-state index is 0.171. The van der Waals surface area contributed by atoms with Gasteiger partial charge in [-0.3, -0.25) is 0 Å². The molecule has 88 valence electrons. The Hall–Kier alpha value is -0.248. The molecular weight excluding hydrogens is 232 g/mol. The van der Waals surface area contributed by atoms with Gasteiger partial charge in [-0.2, -0.15) is 11.5 Å². The van der Waals surface area contributed by atoms with Crippen molar-refractivity contribution in [3.05, 3.63) is 30.3 Å². The molecule has 0 fully saturated rings. The molecular formula is C12H21BClNSi. The quantitative estimate of drug-likeness (QED) is 0.730. The molecule has 1 rings (SSSR count). The summed E-state index contributed by atoms with van der Waals surface area (Å²) in [4.78, 5) is 2.35. The monoisotopic (exact) mass is 253 g/mol. The maximum atomic E-state index is 6.66. The van der Waals surface area contributed by atoms with Crippen LogP contribution in [0.4, 0.5) is 0 Å². The molecule has 0 atom stereocenters. The Labute approximate surface area is 106 Å². The first kappa shape index (κ1) is 13.8. The second-order valence-electron chi connectivity index (χ2n) is 4.64. The van der Waals surface area contributed by atoms with Gasteiger partial charge >= 0.3 is 5.86 Å². The number of rotatable bonds is 5. The predicted octanol–water partition coefficient (Wildman–Crippen LogP) is 2.75. The summed E-state index contributed by atoms with van der Waals surface area (Å²) >= 11 is 6.66. The maximum Gasteiger partial charge on any atom is 0.322 e. The van der Waals surface area contributed by atoms with E-state index in [0.29, 0.717) is 0 Å². The highest BCUT2D eigenvalue weighted by molar-refractivity contribution is 7.52. The standard InChI is InChI=1S/C12H21BClNSi/c1-5-15(6-2)13(14)16(3,4)12-10-8-7-9-11-12/h7-11H,5-6H2,1-4H3. The topological polar surface area (TPSA) is 3.24 Å². The van der Waals surface area contributed by atoms with Crippen LogP contribution in [-0.2, 0) is 0 Å². The van der Waals surface area contributed by atoms with Gasteiger partial charge in [0.1, 0.15) is 0 Å². The molecule has 0 aliphatic rings. The maximum absolute atomic E-state index is 6.66. The molecule has 0 spiro atoms. The van der Waals surface area contributed by atoms with E-state index in [1.807, 2.05) is 0 Å². The second kappa shape index (κ2) is 5.90. The van der Waals surface area contributed by atoms with Crippen molar-refractivity contribution in [2.75, 3.05) is 13.1 Å². The van der Waals surface area contributed by atoms with Gasteiger partial charge in [-0.15, -0.1) is 0 Å². The van der Waals surface area contributed by atoms with Crippen molar-refractivity contribution in [2.24, 2.45) is 0 Å². The Morgan fingerprint density at radius 2 is 1.62 bits per heavy atom. The third kappa shape index (κ3) is 2.90. The summed E-state index contributed by atoms with van der Waals surface area (Å²) in [5.74, 6) is 0.171. The smallest absolute Gasteiger partial charge is 0.322 e. The lowest BCUT2D eigenvalue weighted by Crippen LogP contribution is -2.61. The van der Waals surface area contributed by atoms with Gasteiger partial charge in [0, 0.05) is 0 Å². The number of nitrogens with zero attached hydrogens (tertiary/aromatic N) is 1. The van der Waals surface area contributed by atoms with Crippen molar-refractivity contribution >= 4 is 30.4 Å². The average molecular weight is 254 g/mol. The van der Waals surface area contributed by atoms with Crippen molar-refractivity contribution in [3.63, 3.8) is 0 Å². The Bertz CT molecular complexity index is 314. The highest BCUT2D eigenvalue weighted by Gasteiger charge is 2.39. The zero-order chi connectivity index (χ0) is 12.2. The zero-order valence-corrected chi connectivity index (χ0v) is 12.5. The fourth-order valence-corrected chi connectivity index (χ4v) is 5.26. The lowest BCUT2D eigenvalue weighted by Gasteiger charge is -2.33. The molecule has 1 aromatic carbocycles. The Kier molecular flexibility index (Phi) is 5.09. The summed E-state index contributed by atoms with van der Waals surface area (Å²) in [7, 11) is -1.60. The summed E-state index contributed by atoms with van der Waals surface area (Å²) in [6, 6.07) is 10.7. The van der Waals surface area contributed by atoms with Crippen LogP contribution in [-0.4, -0.2) is 31.7 Å². The van der Waals surface area contributed by atoms with Crippen LogP contribution in [0.15, 0.2) is 30.3 Å². The van der Waals surface area contributed by atoms with Crippen LogP contribution >= 0.6 is 11.5 Å². The van der Waals surface area contributed by atoms with Crippen LogP contribution in [0, 0.1) is 0 Å². The fourth-order valence-electron chi connectivity index (χ4n) is 2.01. The first-order valence-electron chi connectivity index (χ1n) is 5.97. The summed E-state index contributed by atoms with van der Waals surface area (Å²) < 4.78 is 0. The lowest BCUT2D eigenvalue weighted by molar-refractivity contribution is 0.496. The van der Waals surface area contributed by atoms with Crippen LogP contribution in [0.5, 0.6) is 0 Å². The largest absolute Gasteiger partial charge is 0.331 e. The highest BCUT2D eigenvalue weighted by Crippen LogP contribution is 2.15. The molecule has 0 N–H and O–H groups in total. The summed E-state index contributed by atoms with van der Waals surface area (Å²) in [6.45, 7) is 11.1. The summed E-state index contributed by atoms with van der Waals surface area (Å²) in [5.41, 5.74) is 0. The molecule has 0 aliphatic carbocycles. The van der Waals surface area contributed by atoms with Gasteiger partial charge in [-0.05, 0) is 13.1 Å². The van der Waals surface area contributed by atoms with Crippen LogP contribution in [0.25, 0.3) is 0 Å². The molecule has 0 heterocycles. The van der Waals surface area contributed by atoms with Crippen molar-refractivity contribution in [1.82, 2.24) is 4.81 Å². The van der Waals surface area contributed by atoms with Gasteiger partial charge in [-0.1, -0.05) is 62.5 Å². The van der Waals surface area contributed by atoms with Crippen molar-refractivity contribution < 1.29 is 0 Å². The SMILES string of the molecule is CCN(CC)B(Cl)[Si](C)(C)c1ccccc1. The van der Waals surface area contributed by atoms with Crippen LogP contribution in [0.2, 0.25) is 13.1 Å². The van der Waals surface area contributed by atoms with E-state index in [1.54, 1.807) is 0 Å². The molecule has 0 bridgehead atoms. The molecule has 0 aromatic heterocycles. The van der Waals surface area contributed by atoms with E-state index in [4.69, 9.17) is 11.5 Å². The minimum atomic E-state index is -1.60. The van der Waals surface area contributed by atoms with Gasteiger partial charge in [0.25, 0.3) is 0 Å². The summed E-state index contributed by atoms with van der Waals surface area (Å²) in [6.07, 6.45) is 0. The van der Waals surface area contributed by atoms with E-state index in [-0.39, 0.29) is 5.86 Å². The van der Waals surface area contributed by atoms with Gasteiger partial charge in [0.15, 0.2) is 0 Å². The first-order chi connectivity index (χ1) is 7.54. The first-order valence-corrected chi connectivity index (χ1v) is 9.49. The van der Waals surface area contributed by atoms with Crippen molar-refractivity contribution in [3.8, 4) is 0 Å². The molecule has 0 saturated carbocycles. The highest BCUT2D eigenvalue weighted by atomic mass is 35.5. The fraction of sp³-hybridized carbons (Fsp3) is 0.500. The number of hydrogen-bond donors (Lipinski definition) is 0. The Morgan fingerprint density at radius 3 is 2.06 bits per heavy atom. The third-order valence-electron chi connectivity index (χ3n) is 3.25. The van der Waals surface area contributed by atoms with Crippen molar-refractivity contribution in [2.45, 2.75) is 26.9 Å². The molecule has 0 aliphatic heterocycles. The average Bonchev–Trinajstić information content (AvgIpc) is 2.31. The predicted molar refractivity (Wildman–Crippen MR) is 78.1 cm³/mol. The van der Waals surface area contributed by atoms with Crippen molar-refractivity contribution in [1.29, 1.82) is 0 Å². The van der Waals surface area contributed by atoms with E-state index in [2.05, 4.69) is 62.1 Å². The molecule has 0 saturated heterocycles. The van der Waals surface area contributed by atoms with Gasteiger partial charge in [0.05, 0.1) is 7.94 Å². The van der Waals surface area contributed by atoms with E-state index >= 15 is 0 Å². The van der Waals surface area contributed by atoms with Crippen LogP contribution in [0.3, 0.4) is 0 Å². The Balaban J connectivity index is 2.92. The van der Waals surface area contributed by atoms with Gasteiger partial charge in [-0.25, -0.2) is 0 Å². The van der Waals surface area contributed by atoms with E-state index in [9.17, 15) is 0 Å². The number of benzene rings is 1. The molecule has 16 heavy (non-hydrogen) atoms. The zero-order valence-electron chi connectivity index (χ0n) is 10.7. The number of halogens is 1. The van der Waals surface area contributed by atoms with E-state index < -0.39 is 7.94 Å². The van der Waals surface area contributed by atoms with E-state index in [1.165, 1.54) is 5.19 Å². The molecule has 0 radical (unpaired) electrons.